The van der Waals surface area contributed by atoms with Crippen LogP contribution in [0.25, 0.3) is 0 Å². The Labute approximate surface area is 105 Å². The zero-order chi connectivity index (χ0) is 10.8. The molecule has 2 rings (SSSR count). The van der Waals surface area contributed by atoms with E-state index in [0.717, 1.165) is 25.3 Å². The van der Waals surface area contributed by atoms with Gasteiger partial charge in [-0.25, -0.2) is 0 Å². The number of halogens is 2. The molecule has 1 aromatic heterocycles. The van der Waals surface area contributed by atoms with Crippen LogP contribution >= 0.6 is 38.9 Å². The van der Waals surface area contributed by atoms with Crippen LogP contribution in [0.4, 0.5) is 10.8 Å². The van der Waals surface area contributed by atoms with Gasteiger partial charge >= 0.3 is 0 Å². The smallest absolute Gasteiger partial charge is 0.210 e. The van der Waals surface area contributed by atoms with Gasteiger partial charge < -0.3 is 5.32 Å². The van der Waals surface area contributed by atoms with Gasteiger partial charge in [-0.1, -0.05) is 29.0 Å². The van der Waals surface area contributed by atoms with Gasteiger partial charge in [-0.2, -0.15) is 0 Å². The Bertz CT molecular complexity index is 486. The molecule has 0 unspecified atom stereocenters. The molecule has 15 heavy (non-hydrogen) atoms. The molecule has 0 bridgehead atoms. The largest absolute Gasteiger partial charge is 0.330 e. The fourth-order valence-electron chi connectivity index (χ4n) is 1.05. The Morgan fingerprint density at radius 2 is 2.20 bits per heavy atom. The Balaban J connectivity index is 2.21. The number of aryl methyl sites for hydroxylation is 1. The van der Waals surface area contributed by atoms with E-state index in [2.05, 4.69) is 31.4 Å². The van der Waals surface area contributed by atoms with Gasteiger partial charge in [0.2, 0.25) is 5.13 Å². The van der Waals surface area contributed by atoms with Gasteiger partial charge in [-0.3, -0.25) is 0 Å². The summed E-state index contributed by atoms with van der Waals surface area (Å²) in [7, 11) is 0. The minimum absolute atomic E-state index is 0.738. The molecule has 0 atom stereocenters. The molecular weight excluding hydrogens is 298 g/mol. The molecule has 1 N–H and O–H groups in total. The lowest BCUT2D eigenvalue weighted by Crippen LogP contribution is -1.89. The number of anilines is 2. The van der Waals surface area contributed by atoms with Crippen molar-refractivity contribution in [2.24, 2.45) is 0 Å². The second-order valence-corrected chi connectivity index (χ2v) is 5.61. The zero-order valence-corrected chi connectivity index (χ0v) is 10.9. The van der Waals surface area contributed by atoms with Crippen LogP contribution in [0.2, 0.25) is 5.02 Å². The Kier molecular flexibility index (Phi) is 3.23. The van der Waals surface area contributed by atoms with Crippen LogP contribution in [-0.4, -0.2) is 10.2 Å². The molecule has 1 heterocycles. The van der Waals surface area contributed by atoms with Crippen molar-refractivity contribution in [2.75, 3.05) is 5.32 Å². The average molecular weight is 305 g/mol. The van der Waals surface area contributed by atoms with Crippen molar-refractivity contribution in [1.82, 2.24) is 10.2 Å². The summed E-state index contributed by atoms with van der Waals surface area (Å²) >= 11 is 10.7. The van der Waals surface area contributed by atoms with E-state index in [0.29, 0.717) is 0 Å². The average Bonchev–Trinajstić information content (AvgIpc) is 2.58. The van der Waals surface area contributed by atoms with Crippen molar-refractivity contribution in [3.63, 3.8) is 0 Å². The topological polar surface area (TPSA) is 37.8 Å². The molecule has 0 aliphatic heterocycles. The predicted octanol–water partition coefficient (Wildman–Crippen LogP) is 4.01. The van der Waals surface area contributed by atoms with Gasteiger partial charge in [0.05, 0.1) is 0 Å². The maximum atomic E-state index is 6.00. The fraction of sp³-hybridized carbons (Fsp3) is 0.111. The van der Waals surface area contributed by atoms with Crippen molar-refractivity contribution in [3.05, 3.63) is 32.7 Å². The third kappa shape index (κ3) is 2.68. The van der Waals surface area contributed by atoms with Gasteiger partial charge in [-0.05, 0) is 40.5 Å². The van der Waals surface area contributed by atoms with Gasteiger partial charge in [0, 0.05) is 10.7 Å². The Morgan fingerprint density at radius 3 is 2.80 bits per heavy atom. The first kappa shape index (κ1) is 10.9. The third-order valence-corrected chi connectivity index (χ3v) is 3.50. The van der Waals surface area contributed by atoms with Crippen LogP contribution in [0.5, 0.6) is 0 Å². The minimum Gasteiger partial charge on any atom is -0.330 e. The number of hydrogen-bond acceptors (Lipinski definition) is 4. The second-order valence-electron chi connectivity index (χ2n) is 2.95. The molecule has 0 aliphatic rings. The summed E-state index contributed by atoms with van der Waals surface area (Å²) in [5.74, 6) is 0. The van der Waals surface area contributed by atoms with Crippen molar-refractivity contribution in [2.45, 2.75) is 6.92 Å². The Morgan fingerprint density at radius 1 is 1.40 bits per heavy atom. The van der Waals surface area contributed by atoms with E-state index in [9.17, 15) is 0 Å². The molecule has 1 aromatic carbocycles. The first-order chi connectivity index (χ1) is 7.15. The van der Waals surface area contributed by atoms with Crippen LogP contribution in [0.3, 0.4) is 0 Å². The fourth-order valence-corrected chi connectivity index (χ4v) is 2.26. The monoisotopic (exact) mass is 303 g/mol. The van der Waals surface area contributed by atoms with Crippen molar-refractivity contribution in [3.8, 4) is 0 Å². The maximum absolute atomic E-state index is 6.00. The summed E-state index contributed by atoms with van der Waals surface area (Å²) in [5.41, 5.74) is 1.97. The third-order valence-electron chi connectivity index (χ3n) is 1.82. The number of aromatic nitrogens is 2. The lowest BCUT2D eigenvalue weighted by molar-refractivity contribution is 1.07. The van der Waals surface area contributed by atoms with Crippen molar-refractivity contribution in [1.29, 1.82) is 0 Å². The molecule has 0 radical (unpaired) electrons. The number of nitrogens with one attached hydrogen (secondary N) is 1. The molecule has 3 nitrogen and oxygen atoms in total. The molecule has 0 amide bonds. The summed E-state index contributed by atoms with van der Waals surface area (Å²) in [5, 5.41) is 12.4. The van der Waals surface area contributed by atoms with Gasteiger partial charge in [0.1, 0.15) is 0 Å². The molecule has 2 aromatic rings. The van der Waals surface area contributed by atoms with E-state index >= 15 is 0 Å². The number of hydrogen-bond donors (Lipinski definition) is 1. The Hall–Kier alpha value is -0.650. The molecular formula is C9H7BrClN3S. The van der Waals surface area contributed by atoms with E-state index in [1.54, 1.807) is 0 Å². The highest BCUT2D eigenvalue weighted by Gasteiger charge is 2.02. The molecule has 0 fully saturated rings. The summed E-state index contributed by atoms with van der Waals surface area (Å²) < 4.78 is 0.753. The van der Waals surface area contributed by atoms with Crippen LogP contribution in [0, 0.1) is 6.92 Å². The standard InChI is InChI=1S/C9H7BrClN3S/c1-5-2-3-6(4-7(5)11)12-9-14-13-8(10)15-9/h2-4H,1H3,(H,12,14). The van der Waals surface area contributed by atoms with E-state index < -0.39 is 0 Å². The first-order valence-corrected chi connectivity index (χ1v) is 6.16. The van der Waals surface area contributed by atoms with Gasteiger partial charge in [0.15, 0.2) is 3.92 Å². The van der Waals surface area contributed by atoms with Crippen LogP contribution in [0.15, 0.2) is 22.1 Å². The van der Waals surface area contributed by atoms with Crippen LogP contribution < -0.4 is 5.32 Å². The first-order valence-electron chi connectivity index (χ1n) is 4.17. The van der Waals surface area contributed by atoms with E-state index in [1.807, 2.05) is 25.1 Å². The summed E-state index contributed by atoms with van der Waals surface area (Å²) in [6.45, 7) is 1.97. The number of benzene rings is 1. The second kappa shape index (κ2) is 4.47. The van der Waals surface area contributed by atoms with E-state index in [1.165, 1.54) is 11.3 Å². The summed E-state index contributed by atoms with van der Waals surface area (Å²) in [6.07, 6.45) is 0. The normalized spacial score (nSPS) is 10.3. The minimum atomic E-state index is 0.738. The SMILES string of the molecule is Cc1ccc(Nc2nnc(Br)s2)cc1Cl. The number of nitrogens with zero attached hydrogens (tertiary/aromatic N) is 2. The van der Waals surface area contributed by atoms with Crippen LogP contribution in [-0.2, 0) is 0 Å². The highest BCUT2D eigenvalue weighted by atomic mass is 79.9. The zero-order valence-electron chi connectivity index (χ0n) is 7.79. The predicted molar refractivity (Wildman–Crippen MR) is 67.1 cm³/mol. The van der Waals surface area contributed by atoms with Gasteiger partial charge in [0.25, 0.3) is 0 Å². The summed E-state index contributed by atoms with van der Waals surface area (Å²) in [6, 6.07) is 5.78. The molecule has 0 saturated carbocycles. The molecule has 0 spiro atoms. The van der Waals surface area contributed by atoms with E-state index in [4.69, 9.17) is 11.6 Å². The summed E-state index contributed by atoms with van der Waals surface area (Å²) in [4.78, 5) is 0. The number of rotatable bonds is 2. The molecule has 0 saturated heterocycles. The van der Waals surface area contributed by atoms with Gasteiger partial charge in [-0.15, -0.1) is 10.2 Å². The lowest BCUT2D eigenvalue weighted by Gasteiger charge is -2.03. The maximum Gasteiger partial charge on any atom is 0.210 e. The van der Waals surface area contributed by atoms with Crippen LogP contribution in [0.1, 0.15) is 5.56 Å². The van der Waals surface area contributed by atoms with E-state index in [-0.39, 0.29) is 0 Å². The quantitative estimate of drug-likeness (QED) is 0.911. The van der Waals surface area contributed by atoms with Crippen molar-refractivity contribution < 1.29 is 0 Å². The highest BCUT2D eigenvalue weighted by Crippen LogP contribution is 2.26. The highest BCUT2D eigenvalue weighted by molar-refractivity contribution is 9.11. The molecule has 0 aliphatic carbocycles. The molecule has 78 valence electrons. The molecule has 6 heteroatoms. The lowest BCUT2D eigenvalue weighted by atomic mass is 10.2. The van der Waals surface area contributed by atoms with Crippen molar-refractivity contribution >= 4 is 49.7 Å².